The second-order valence-electron chi connectivity index (χ2n) is 4.78. The highest BCUT2D eigenvalue weighted by molar-refractivity contribution is 7.99. The molecule has 0 atom stereocenters. The van der Waals surface area contributed by atoms with Gasteiger partial charge in [0, 0.05) is 44.7 Å². The summed E-state index contributed by atoms with van der Waals surface area (Å²) < 4.78 is 28.6. The Morgan fingerprint density at radius 3 is 2.60 bits per heavy atom. The first-order valence-corrected chi connectivity index (χ1v) is 9.14. The van der Waals surface area contributed by atoms with Gasteiger partial charge in [0.25, 0.3) is 0 Å². The topological polar surface area (TPSA) is 93.2 Å². The van der Waals surface area contributed by atoms with Gasteiger partial charge in [0.2, 0.25) is 10.0 Å². The third-order valence-corrected chi connectivity index (χ3v) is 5.97. The van der Waals surface area contributed by atoms with Crippen LogP contribution in [0.3, 0.4) is 0 Å². The summed E-state index contributed by atoms with van der Waals surface area (Å²) in [6.07, 6.45) is 0. The van der Waals surface area contributed by atoms with Crippen molar-refractivity contribution in [3.8, 4) is 0 Å². The Morgan fingerprint density at radius 1 is 1.40 bits per heavy atom. The first kappa shape index (κ1) is 15.6. The third-order valence-electron chi connectivity index (χ3n) is 3.40. The van der Waals surface area contributed by atoms with Crippen LogP contribution in [0.25, 0.3) is 0 Å². The molecule has 20 heavy (non-hydrogen) atoms. The molecule has 0 amide bonds. The summed E-state index contributed by atoms with van der Waals surface area (Å²) in [7, 11) is -1.92. The van der Waals surface area contributed by atoms with Crippen LogP contribution >= 0.6 is 11.8 Å². The van der Waals surface area contributed by atoms with E-state index in [9.17, 15) is 8.42 Å². The van der Waals surface area contributed by atoms with Gasteiger partial charge in [0.15, 0.2) is 5.82 Å². The third kappa shape index (κ3) is 3.46. The molecule has 0 aliphatic carbocycles. The lowest BCUT2D eigenvalue weighted by molar-refractivity contribution is 0.307. The van der Waals surface area contributed by atoms with Gasteiger partial charge in [-0.05, 0) is 6.92 Å². The molecule has 7 nitrogen and oxygen atoms in total. The molecule has 0 aromatic carbocycles. The molecule has 9 heteroatoms. The zero-order valence-corrected chi connectivity index (χ0v) is 13.4. The van der Waals surface area contributed by atoms with E-state index in [2.05, 4.69) is 14.7 Å². The van der Waals surface area contributed by atoms with Gasteiger partial charge in [-0.2, -0.15) is 16.9 Å². The number of nitrogens with one attached hydrogen (secondary N) is 1. The number of anilines is 1. The molecule has 114 valence electrons. The van der Waals surface area contributed by atoms with Gasteiger partial charge in [0.1, 0.15) is 4.90 Å². The van der Waals surface area contributed by atoms with E-state index in [0.29, 0.717) is 12.2 Å². The fourth-order valence-corrected chi connectivity index (χ4v) is 4.50. The molecule has 1 aromatic rings. The summed E-state index contributed by atoms with van der Waals surface area (Å²) in [5, 5.41) is 3.94. The van der Waals surface area contributed by atoms with Gasteiger partial charge in [-0.15, -0.1) is 0 Å². The van der Waals surface area contributed by atoms with Crippen molar-refractivity contribution in [2.45, 2.75) is 11.8 Å². The summed E-state index contributed by atoms with van der Waals surface area (Å²) in [5.74, 6) is 2.27. The number of aryl methyl sites for hydroxylation is 1. The minimum absolute atomic E-state index is 0.0480. The predicted molar refractivity (Wildman–Crippen MR) is 81.3 cm³/mol. The maximum Gasteiger partial charge on any atom is 0.246 e. The molecule has 0 saturated carbocycles. The van der Waals surface area contributed by atoms with Gasteiger partial charge >= 0.3 is 0 Å². The largest absolute Gasteiger partial charge is 0.381 e. The highest BCUT2D eigenvalue weighted by atomic mass is 32.2. The Labute approximate surface area is 123 Å². The number of nitrogens with zero attached hydrogens (tertiary/aromatic N) is 3. The second kappa shape index (κ2) is 6.33. The van der Waals surface area contributed by atoms with Crippen LogP contribution in [0, 0.1) is 6.92 Å². The summed E-state index contributed by atoms with van der Waals surface area (Å²) in [6.45, 7) is 4.83. The normalized spacial score (nSPS) is 17.5. The maximum absolute atomic E-state index is 12.3. The van der Waals surface area contributed by atoms with E-state index in [1.54, 1.807) is 14.0 Å². The first-order valence-electron chi connectivity index (χ1n) is 6.50. The van der Waals surface area contributed by atoms with Gasteiger partial charge in [-0.1, -0.05) is 0 Å². The molecular formula is C11H21N5O2S2. The quantitative estimate of drug-likeness (QED) is 0.770. The molecule has 1 aliphatic heterocycles. The summed E-state index contributed by atoms with van der Waals surface area (Å²) in [4.78, 5) is 2.35. The van der Waals surface area contributed by atoms with Gasteiger partial charge in [-0.3, -0.25) is 4.68 Å². The van der Waals surface area contributed by atoms with E-state index >= 15 is 0 Å². The van der Waals surface area contributed by atoms with Crippen LogP contribution < -0.4 is 10.5 Å². The highest BCUT2D eigenvalue weighted by Gasteiger charge is 2.24. The van der Waals surface area contributed by atoms with Crippen molar-refractivity contribution in [1.29, 1.82) is 0 Å². The maximum atomic E-state index is 12.3. The lowest BCUT2D eigenvalue weighted by Crippen LogP contribution is -2.39. The molecule has 2 rings (SSSR count). The smallest absolute Gasteiger partial charge is 0.246 e. The standard InChI is InChI=1S/C11H21N5O2S2/c1-9-10(11(12)14-15(9)2)20(17,18)13-3-4-16-5-7-19-8-6-16/h13H,3-8H2,1-2H3,(H2,12,14). The van der Waals surface area contributed by atoms with E-state index in [4.69, 9.17) is 5.73 Å². The molecule has 3 N–H and O–H groups in total. The van der Waals surface area contributed by atoms with E-state index < -0.39 is 10.0 Å². The van der Waals surface area contributed by atoms with Crippen molar-refractivity contribution in [3.63, 3.8) is 0 Å². The predicted octanol–water partition coefficient (Wildman–Crippen LogP) is -0.362. The number of nitrogen functional groups attached to an aromatic ring is 1. The number of thioether (sulfide) groups is 1. The number of hydrogen-bond acceptors (Lipinski definition) is 6. The van der Waals surface area contributed by atoms with Crippen molar-refractivity contribution in [3.05, 3.63) is 5.69 Å². The zero-order valence-electron chi connectivity index (χ0n) is 11.8. The molecule has 0 bridgehead atoms. The van der Waals surface area contributed by atoms with Crippen LogP contribution in [0.4, 0.5) is 5.82 Å². The first-order chi connectivity index (χ1) is 9.42. The lowest BCUT2D eigenvalue weighted by Gasteiger charge is -2.25. The molecule has 2 heterocycles. The van der Waals surface area contributed by atoms with E-state index in [0.717, 1.165) is 31.1 Å². The van der Waals surface area contributed by atoms with Gasteiger partial charge in [0.05, 0.1) is 5.69 Å². The Hall–Kier alpha value is -0.770. The van der Waals surface area contributed by atoms with Crippen LogP contribution in [0.1, 0.15) is 5.69 Å². The van der Waals surface area contributed by atoms with E-state index in [-0.39, 0.29) is 10.7 Å². The van der Waals surface area contributed by atoms with Crippen molar-refractivity contribution in [1.82, 2.24) is 19.4 Å². The lowest BCUT2D eigenvalue weighted by atomic mass is 10.4. The van der Waals surface area contributed by atoms with Crippen LogP contribution in [-0.4, -0.2) is 60.8 Å². The summed E-state index contributed by atoms with van der Waals surface area (Å²) >= 11 is 1.93. The Bertz CT molecular complexity index is 564. The zero-order chi connectivity index (χ0) is 14.8. The average Bonchev–Trinajstić information content (AvgIpc) is 2.64. The molecule has 0 radical (unpaired) electrons. The fourth-order valence-electron chi connectivity index (χ4n) is 2.18. The van der Waals surface area contributed by atoms with Crippen molar-refractivity contribution < 1.29 is 8.42 Å². The van der Waals surface area contributed by atoms with E-state index in [1.165, 1.54) is 4.68 Å². The fraction of sp³-hybridized carbons (Fsp3) is 0.727. The Kier molecular flexibility index (Phi) is 4.95. The van der Waals surface area contributed by atoms with E-state index in [1.807, 2.05) is 11.8 Å². The SMILES string of the molecule is Cc1c(S(=O)(=O)NCCN2CCSCC2)c(N)nn1C. The number of sulfonamides is 1. The molecule has 0 unspecified atom stereocenters. The van der Waals surface area contributed by atoms with Crippen LogP contribution in [0.5, 0.6) is 0 Å². The molecule has 0 spiro atoms. The Balaban J connectivity index is 1.97. The van der Waals surface area contributed by atoms with Crippen molar-refractivity contribution >= 4 is 27.6 Å². The summed E-state index contributed by atoms with van der Waals surface area (Å²) in [5.41, 5.74) is 6.22. The number of aromatic nitrogens is 2. The minimum Gasteiger partial charge on any atom is -0.381 e. The minimum atomic E-state index is -3.59. The average molecular weight is 319 g/mol. The second-order valence-corrected chi connectivity index (χ2v) is 7.70. The summed E-state index contributed by atoms with van der Waals surface area (Å²) in [6, 6.07) is 0. The van der Waals surface area contributed by atoms with Crippen LogP contribution in [0.2, 0.25) is 0 Å². The van der Waals surface area contributed by atoms with Crippen LogP contribution in [-0.2, 0) is 17.1 Å². The van der Waals surface area contributed by atoms with Gasteiger partial charge < -0.3 is 10.6 Å². The van der Waals surface area contributed by atoms with Gasteiger partial charge in [-0.25, -0.2) is 13.1 Å². The number of hydrogen-bond donors (Lipinski definition) is 2. The van der Waals surface area contributed by atoms with Crippen molar-refractivity contribution in [2.75, 3.05) is 43.4 Å². The molecule has 1 aromatic heterocycles. The number of nitrogens with two attached hydrogens (primary N) is 1. The molecule has 1 saturated heterocycles. The van der Waals surface area contributed by atoms with Crippen LogP contribution in [0.15, 0.2) is 4.90 Å². The molecule has 1 fully saturated rings. The highest BCUT2D eigenvalue weighted by Crippen LogP contribution is 2.20. The Morgan fingerprint density at radius 2 is 2.05 bits per heavy atom. The molecular weight excluding hydrogens is 298 g/mol. The van der Waals surface area contributed by atoms with Crippen molar-refractivity contribution in [2.24, 2.45) is 7.05 Å². The molecule has 1 aliphatic rings. The monoisotopic (exact) mass is 319 g/mol. The number of rotatable bonds is 5.